The number of benzene rings is 3. The first kappa shape index (κ1) is 20.4. The summed E-state index contributed by atoms with van der Waals surface area (Å²) in [5.74, 6) is 0.485. The van der Waals surface area contributed by atoms with Crippen LogP contribution in [0.1, 0.15) is 35.4 Å². The fraction of sp³-hybridized carbons (Fsp3) is 0.296. The van der Waals surface area contributed by atoms with Gasteiger partial charge in [-0.2, -0.15) is 0 Å². The minimum atomic E-state index is -0.238. The van der Waals surface area contributed by atoms with Crippen LogP contribution in [0.2, 0.25) is 0 Å². The van der Waals surface area contributed by atoms with Crippen LogP contribution in [0.25, 0.3) is 0 Å². The maximum atomic E-state index is 13.5. The number of nitrogens with zero attached hydrogens (tertiary/aromatic N) is 1. The first-order chi connectivity index (χ1) is 14.8. The highest BCUT2D eigenvalue weighted by molar-refractivity contribution is 5.87. The number of likely N-dealkylation sites (tertiary alicyclic amines) is 1. The normalized spacial score (nSPS) is 14.8. The fourth-order valence-corrected chi connectivity index (χ4v) is 4.19. The number of hydrogen-bond acceptors (Lipinski definition) is 2. The van der Waals surface area contributed by atoms with Gasteiger partial charge in [0.15, 0.2) is 0 Å². The van der Waals surface area contributed by atoms with E-state index in [9.17, 15) is 4.79 Å². The van der Waals surface area contributed by atoms with Gasteiger partial charge in [-0.15, -0.1) is 0 Å². The summed E-state index contributed by atoms with van der Waals surface area (Å²) in [4.78, 5) is 15.5. The predicted octanol–water partition coefficient (Wildman–Crippen LogP) is 5.27. The molecular weight excluding hydrogens is 370 g/mol. The molecular formula is C27H29NO2. The molecule has 3 aromatic carbocycles. The number of carbonyl (C=O) groups excluding carboxylic acids is 1. The third kappa shape index (κ3) is 5.17. The number of amides is 1. The second kappa shape index (κ2) is 10.2. The average Bonchev–Trinajstić information content (AvgIpc) is 2.82. The zero-order valence-electron chi connectivity index (χ0n) is 17.3. The maximum Gasteiger partial charge on any atom is 0.234 e. The van der Waals surface area contributed by atoms with Gasteiger partial charge in [-0.1, -0.05) is 91.0 Å². The molecule has 154 valence electrons. The standard InChI is InChI=1S/C27H29NO2/c29-27(26(24-12-6-2-7-13-24)25-14-8-3-9-15-25)28-18-16-23(17-19-28)21-30-20-22-10-4-1-5-11-22/h1-15,23,26H,16-21H2. The lowest BCUT2D eigenvalue weighted by Gasteiger charge is -2.34. The number of rotatable bonds is 7. The molecule has 3 aromatic rings. The smallest absolute Gasteiger partial charge is 0.234 e. The molecule has 0 unspecified atom stereocenters. The molecule has 0 atom stereocenters. The second-order valence-corrected chi connectivity index (χ2v) is 8.02. The van der Waals surface area contributed by atoms with E-state index in [1.165, 1.54) is 5.56 Å². The summed E-state index contributed by atoms with van der Waals surface area (Å²) in [5.41, 5.74) is 3.32. The molecule has 1 aliphatic heterocycles. The van der Waals surface area contributed by atoms with Gasteiger partial charge in [-0.05, 0) is 35.4 Å². The Labute approximate surface area is 179 Å². The Hall–Kier alpha value is -2.91. The van der Waals surface area contributed by atoms with Gasteiger partial charge in [0, 0.05) is 19.7 Å². The van der Waals surface area contributed by atoms with Crippen LogP contribution in [0.5, 0.6) is 0 Å². The fourth-order valence-electron chi connectivity index (χ4n) is 4.19. The van der Waals surface area contributed by atoms with Gasteiger partial charge in [0.1, 0.15) is 0 Å². The van der Waals surface area contributed by atoms with E-state index in [1.54, 1.807) is 0 Å². The van der Waals surface area contributed by atoms with E-state index < -0.39 is 0 Å². The van der Waals surface area contributed by atoms with Crippen molar-refractivity contribution in [2.75, 3.05) is 19.7 Å². The van der Waals surface area contributed by atoms with Crippen molar-refractivity contribution in [2.24, 2.45) is 5.92 Å². The summed E-state index contributed by atoms with van der Waals surface area (Å²) in [5, 5.41) is 0. The molecule has 0 aromatic heterocycles. The average molecular weight is 400 g/mol. The number of carbonyl (C=O) groups is 1. The Morgan fingerprint density at radius 1 is 0.800 bits per heavy atom. The van der Waals surface area contributed by atoms with Crippen LogP contribution in [0.4, 0.5) is 0 Å². The van der Waals surface area contributed by atoms with Crippen LogP contribution in [-0.2, 0) is 16.1 Å². The largest absolute Gasteiger partial charge is 0.376 e. The van der Waals surface area contributed by atoms with Crippen molar-refractivity contribution in [2.45, 2.75) is 25.4 Å². The first-order valence-electron chi connectivity index (χ1n) is 10.8. The molecule has 1 fully saturated rings. The molecule has 0 saturated carbocycles. The van der Waals surface area contributed by atoms with Crippen molar-refractivity contribution < 1.29 is 9.53 Å². The minimum absolute atomic E-state index is 0.205. The highest BCUT2D eigenvalue weighted by Gasteiger charge is 2.30. The molecule has 1 heterocycles. The topological polar surface area (TPSA) is 29.5 Å². The molecule has 0 radical (unpaired) electrons. The van der Waals surface area contributed by atoms with Crippen molar-refractivity contribution >= 4 is 5.91 Å². The van der Waals surface area contributed by atoms with Crippen LogP contribution < -0.4 is 0 Å². The van der Waals surface area contributed by atoms with E-state index in [0.717, 1.165) is 43.7 Å². The molecule has 1 amide bonds. The third-order valence-electron chi connectivity index (χ3n) is 5.90. The summed E-state index contributed by atoms with van der Waals surface area (Å²) in [6.07, 6.45) is 1.99. The van der Waals surface area contributed by atoms with Crippen LogP contribution >= 0.6 is 0 Å². The Morgan fingerprint density at radius 3 is 1.83 bits per heavy atom. The Kier molecular flexibility index (Phi) is 6.94. The Bertz CT molecular complexity index is 864. The van der Waals surface area contributed by atoms with Crippen molar-refractivity contribution in [1.29, 1.82) is 0 Å². The van der Waals surface area contributed by atoms with Crippen LogP contribution in [0, 0.1) is 5.92 Å². The molecule has 0 aliphatic carbocycles. The summed E-state index contributed by atoms with van der Waals surface area (Å²) in [7, 11) is 0. The number of piperidine rings is 1. The van der Waals surface area contributed by atoms with E-state index in [4.69, 9.17) is 4.74 Å². The summed E-state index contributed by atoms with van der Waals surface area (Å²) < 4.78 is 5.94. The monoisotopic (exact) mass is 399 g/mol. The van der Waals surface area contributed by atoms with Crippen LogP contribution in [-0.4, -0.2) is 30.5 Å². The summed E-state index contributed by atoms with van der Waals surface area (Å²) in [6.45, 7) is 3.02. The zero-order chi connectivity index (χ0) is 20.6. The third-order valence-corrected chi connectivity index (χ3v) is 5.90. The lowest BCUT2D eigenvalue weighted by Crippen LogP contribution is -2.42. The van der Waals surface area contributed by atoms with Crippen LogP contribution in [0.15, 0.2) is 91.0 Å². The lowest BCUT2D eigenvalue weighted by atomic mass is 9.88. The highest BCUT2D eigenvalue weighted by atomic mass is 16.5. The number of hydrogen-bond donors (Lipinski definition) is 0. The molecule has 0 spiro atoms. The van der Waals surface area contributed by atoms with Gasteiger partial charge >= 0.3 is 0 Å². The van der Waals surface area contributed by atoms with Gasteiger partial charge in [0.25, 0.3) is 0 Å². The van der Waals surface area contributed by atoms with Gasteiger partial charge in [0.2, 0.25) is 5.91 Å². The van der Waals surface area contributed by atoms with E-state index in [-0.39, 0.29) is 11.8 Å². The Balaban J connectivity index is 1.35. The zero-order valence-corrected chi connectivity index (χ0v) is 17.3. The van der Waals surface area contributed by atoms with E-state index in [1.807, 2.05) is 59.5 Å². The first-order valence-corrected chi connectivity index (χ1v) is 10.8. The molecule has 3 heteroatoms. The minimum Gasteiger partial charge on any atom is -0.376 e. The molecule has 1 saturated heterocycles. The van der Waals surface area contributed by atoms with Gasteiger partial charge in [-0.3, -0.25) is 4.79 Å². The summed E-state index contributed by atoms with van der Waals surface area (Å²) >= 11 is 0. The van der Waals surface area contributed by atoms with Crippen molar-refractivity contribution in [3.63, 3.8) is 0 Å². The van der Waals surface area contributed by atoms with Crippen molar-refractivity contribution in [3.8, 4) is 0 Å². The molecule has 0 N–H and O–H groups in total. The van der Waals surface area contributed by atoms with Gasteiger partial charge in [0.05, 0.1) is 12.5 Å². The van der Waals surface area contributed by atoms with Crippen molar-refractivity contribution in [1.82, 2.24) is 4.90 Å². The maximum absolute atomic E-state index is 13.5. The highest BCUT2D eigenvalue weighted by Crippen LogP contribution is 2.29. The number of ether oxygens (including phenoxy) is 1. The molecule has 4 rings (SSSR count). The van der Waals surface area contributed by atoms with Crippen LogP contribution in [0.3, 0.4) is 0 Å². The van der Waals surface area contributed by atoms with E-state index in [0.29, 0.717) is 12.5 Å². The van der Waals surface area contributed by atoms with Gasteiger partial charge in [-0.25, -0.2) is 0 Å². The SMILES string of the molecule is O=C(C(c1ccccc1)c1ccccc1)N1CCC(COCc2ccccc2)CC1. The Morgan fingerprint density at radius 2 is 1.30 bits per heavy atom. The second-order valence-electron chi connectivity index (χ2n) is 8.02. The molecule has 30 heavy (non-hydrogen) atoms. The quantitative estimate of drug-likeness (QED) is 0.541. The van der Waals surface area contributed by atoms with Crippen molar-refractivity contribution in [3.05, 3.63) is 108 Å². The molecule has 1 aliphatic rings. The van der Waals surface area contributed by atoms with E-state index in [2.05, 4.69) is 36.4 Å². The molecule has 3 nitrogen and oxygen atoms in total. The summed E-state index contributed by atoms with van der Waals surface area (Å²) in [6, 6.07) is 30.5. The van der Waals surface area contributed by atoms with Gasteiger partial charge < -0.3 is 9.64 Å². The van der Waals surface area contributed by atoms with E-state index >= 15 is 0 Å². The predicted molar refractivity (Wildman–Crippen MR) is 120 cm³/mol. The lowest BCUT2D eigenvalue weighted by molar-refractivity contribution is -0.133. The molecule has 0 bridgehead atoms.